The van der Waals surface area contributed by atoms with Crippen molar-refractivity contribution in [3.63, 3.8) is 0 Å². The molecule has 112 valence electrons. The molecule has 1 N–H and O–H groups in total. The molecule has 1 aromatic heterocycles. The Balaban J connectivity index is 2.16. The lowest BCUT2D eigenvalue weighted by Gasteiger charge is -2.30. The molecule has 0 radical (unpaired) electrons. The van der Waals surface area contributed by atoms with Crippen molar-refractivity contribution in [3.05, 3.63) is 16.3 Å². The molecule has 1 aliphatic heterocycles. The fourth-order valence-electron chi connectivity index (χ4n) is 2.21. The number of carbonyl (C=O) groups is 1. The van der Waals surface area contributed by atoms with Crippen molar-refractivity contribution in [1.82, 2.24) is 4.31 Å². The van der Waals surface area contributed by atoms with E-state index in [0.29, 0.717) is 19.0 Å². The molecule has 1 saturated heterocycles. The number of nitrogens with one attached hydrogen (secondary N) is 1. The molecule has 6 nitrogen and oxygen atoms in total. The highest BCUT2D eigenvalue weighted by Crippen LogP contribution is 2.26. The third-order valence-corrected chi connectivity index (χ3v) is 5.62. The van der Waals surface area contributed by atoms with Gasteiger partial charge in [0.2, 0.25) is 0 Å². The molecule has 1 fully saturated rings. The summed E-state index contributed by atoms with van der Waals surface area (Å²) in [6.45, 7) is 3.05. The zero-order valence-corrected chi connectivity index (χ0v) is 13.1. The van der Waals surface area contributed by atoms with E-state index in [4.69, 9.17) is 0 Å². The predicted octanol–water partition coefficient (Wildman–Crippen LogP) is 1.92. The number of thiophene rings is 1. The van der Waals surface area contributed by atoms with Crippen LogP contribution in [0.15, 0.2) is 11.4 Å². The Bertz CT molecular complexity index is 582. The Labute approximate surface area is 122 Å². The molecule has 8 heteroatoms. The van der Waals surface area contributed by atoms with E-state index in [1.54, 1.807) is 11.4 Å². The number of nitrogens with zero attached hydrogens (tertiary/aromatic N) is 1. The number of piperidine rings is 1. The third-order valence-electron chi connectivity index (χ3n) is 3.23. The van der Waals surface area contributed by atoms with Crippen LogP contribution in [0.25, 0.3) is 0 Å². The van der Waals surface area contributed by atoms with Crippen LogP contribution >= 0.6 is 11.3 Å². The minimum Gasteiger partial charge on any atom is -0.465 e. The van der Waals surface area contributed by atoms with Crippen molar-refractivity contribution in [1.29, 1.82) is 0 Å². The molecule has 0 aromatic carbocycles. The van der Waals surface area contributed by atoms with Gasteiger partial charge in [0, 0.05) is 13.1 Å². The molecular weight excluding hydrogens is 300 g/mol. The van der Waals surface area contributed by atoms with E-state index in [9.17, 15) is 13.2 Å². The van der Waals surface area contributed by atoms with Crippen molar-refractivity contribution < 1.29 is 17.9 Å². The fourth-order valence-corrected chi connectivity index (χ4v) is 4.44. The highest BCUT2D eigenvalue weighted by atomic mass is 32.2. The van der Waals surface area contributed by atoms with Gasteiger partial charge in [-0.25, -0.2) is 4.79 Å². The molecule has 20 heavy (non-hydrogen) atoms. The van der Waals surface area contributed by atoms with E-state index in [1.165, 1.54) is 11.4 Å². The van der Waals surface area contributed by atoms with E-state index in [-0.39, 0.29) is 10.6 Å². The van der Waals surface area contributed by atoms with Gasteiger partial charge in [-0.3, -0.25) is 4.72 Å². The van der Waals surface area contributed by atoms with Crippen LogP contribution in [0, 0.1) is 5.92 Å². The summed E-state index contributed by atoms with van der Waals surface area (Å²) in [7, 11) is -2.35. The van der Waals surface area contributed by atoms with Gasteiger partial charge >= 0.3 is 16.2 Å². The van der Waals surface area contributed by atoms with E-state index < -0.39 is 16.2 Å². The predicted molar refractivity (Wildman–Crippen MR) is 78.2 cm³/mol. The zero-order valence-electron chi connectivity index (χ0n) is 11.5. The highest BCUT2D eigenvalue weighted by molar-refractivity contribution is 7.90. The summed E-state index contributed by atoms with van der Waals surface area (Å²) in [6, 6.07) is 1.57. The number of hydrogen-bond acceptors (Lipinski definition) is 5. The number of ether oxygens (including phenoxy) is 1. The van der Waals surface area contributed by atoms with Crippen molar-refractivity contribution in [2.24, 2.45) is 5.92 Å². The molecule has 0 amide bonds. The molecule has 1 aromatic rings. The number of methoxy groups -OCH3 is 1. The van der Waals surface area contributed by atoms with Gasteiger partial charge in [0.25, 0.3) is 0 Å². The van der Waals surface area contributed by atoms with Crippen molar-refractivity contribution in [2.45, 2.75) is 19.8 Å². The van der Waals surface area contributed by atoms with Crippen LogP contribution in [0.3, 0.4) is 0 Å². The first kappa shape index (κ1) is 15.3. The first-order chi connectivity index (χ1) is 9.44. The largest absolute Gasteiger partial charge is 0.465 e. The van der Waals surface area contributed by atoms with Gasteiger partial charge in [-0.15, -0.1) is 11.3 Å². The second-order valence-corrected chi connectivity index (χ2v) is 7.45. The standard InChI is InChI=1S/C12H18N2O4S2/c1-9-4-3-6-14(8-9)20(16,17)13-10-5-7-19-11(10)12(15)18-2/h5,7,9,13H,3-4,6,8H2,1-2H3. The van der Waals surface area contributed by atoms with E-state index in [0.717, 1.165) is 24.2 Å². The maximum Gasteiger partial charge on any atom is 0.350 e. The van der Waals surface area contributed by atoms with Crippen LogP contribution in [-0.2, 0) is 14.9 Å². The van der Waals surface area contributed by atoms with Gasteiger partial charge in [0.15, 0.2) is 0 Å². The lowest BCUT2D eigenvalue weighted by atomic mass is 10.0. The first-order valence-corrected chi connectivity index (χ1v) is 8.69. The van der Waals surface area contributed by atoms with Crippen molar-refractivity contribution in [2.75, 3.05) is 24.9 Å². The van der Waals surface area contributed by atoms with Crippen LogP contribution < -0.4 is 4.72 Å². The first-order valence-electron chi connectivity index (χ1n) is 6.37. The van der Waals surface area contributed by atoms with Crippen LogP contribution in [0.1, 0.15) is 29.4 Å². The van der Waals surface area contributed by atoms with Crippen molar-refractivity contribution in [3.8, 4) is 0 Å². The maximum absolute atomic E-state index is 12.3. The third kappa shape index (κ3) is 3.31. The van der Waals surface area contributed by atoms with Gasteiger partial charge in [0.1, 0.15) is 4.88 Å². The van der Waals surface area contributed by atoms with Crippen LogP contribution in [0.4, 0.5) is 5.69 Å². The molecule has 0 spiro atoms. The Morgan fingerprint density at radius 1 is 1.55 bits per heavy atom. The highest BCUT2D eigenvalue weighted by Gasteiger charge is 2.28. The average molecular weight is 318 g/mol. The van der Waals surface area contributed by atoms with E-state index in [2.05, 4.69) is 9.46 Å². The van der Waals surface area contributed by atoms with E-state index in [1.807, 2.05) is 6.92 Å². The lowest BCUT2D eigenvalue weighted by molar-refractivity contribution is 0.0607. The molecule has 2 heterocycles. The number of anilines is 1. The Morgan fingerprint density at radius 3 is 2.95 bits per heavy atom. The molecule has 1 aliphatic rings. The van der Waals surface area contributed by atoms with Gasteiger partial charge in [0.05, 0.1) is 12.8 Å². The van der Waals surface area contributed by atoms with Crippen LogP contribution in [-0.4, -0.2) is 38.9 Å². The summed E-state index contributed by atoms with van der Waals surface area (Å²) in [6.07, 6.45) is 1.90. The second kappa shape index (κ2) is 6.11. The molecule has 0 bridgehead atoms. The number of esters is 1. The summed E-state index contributed by atoms with van der Waals surface area (Å²) in [5.74, 6) is -0.187. The Morgan fingerprint density at radius 2 is 2.30 bits per heavy atom. The number of hydrogen-bond donors (Lipinski definition) is 1. The van der Waals surface area contributed by atoms with Gasteiger partial charge in [-0.05, 0) is 30.2 Å². The Kier molecular flexibility index (Phi) is 4.66. The maximum atomic E-state index is 12.3. The summed E-state index contributed by atoms with van der Waals surface area (Å²) in [4.78, 5) is 11.8. The fraction of sp³-hybridized carbons (Fsp3) is 0.583. The Hall–Kier alpha value is -1.12. The molecule has 1 unspecified atom stereocenters. The SMILES string of the molecule is COC(=O)c1sccc1NS(=O)(=O)N1CCCC(C)C1. The summed E-state index contributed by atoms with van der Waals surface area (Å²) in [5.41, 5.74) is 0.278. The van der Waals surface area contributed by atoms with Gasteiger partial charge in [-0.1, -0.05) is 6.92 Å². The molecular formula is C12H18N2O4S2. The quantitative estimate of drug-likeness (QED) is 0.861. The normalized spacial score (nSPS) is 20.6. The minimum absolute atomic E-state index is 0.265. The molecule has 0 saturated carbocycles. The van der Waals surface area contributed by atoms with Gasteiger partial charge in [-0.2, -0.15) is 12.7 Å². The topological polar surface area (TPSA) is 75.7 Å². The van der Waals surface area contributed by atoms with Crippen LogP contribution in [0.2, 0.25) is 0 Å². The molecule has 2 rings (SSSR count). The van der Waals surface area contributed by atoms with Gasteiger partial charge < -0.3 is 4.74 Å². The zero-order chi connectivity index (χ0) is 14.8. The summed E-state index contributed by atoms with van der Waals surface area (Å²) < 4.78 is 33.2. The molecule has 0 aliphatic carbocycles. The van der Waals surface area contributed by atoms with Crippen molar-refractivity contribution >= 4 is 33.2 Å². The smallest absolute Gasteiger partial charge is 0.350 e. The summed E-state index contributed by atoms with van der Waals surface area (Å²) >= 11 is 1.15. The van der Waals surface area contributed by atoms with Crippen LogP contribution in [0.5, 0.6) is 0 Å². The monoisotopic (exact) mass is 318 g/mol. The molecule has 1 atom stereocenters. The van der Waals surface area contributed by atoms with E-state index >= 15 is 0 Å². The minimum atomic E-state index is -3.62. The second-order valence-electron chi connectivity index (χ2n) is 4.87. The summed E-state index contributed by atoms with van der Waals surface area (Å²) in [5, 5.41) is 1.66. The number of carbonyl (C=O) groups excluding carboxylic acids is 1. The number of rotatable bonds is 4. The lowest BCUT2D eigenvalue weighted by Crippen LogP contribution is -2.42. The average Bonchev–Trinajstić information content (AvgIpc) is 2.85.